The zero-order chi connectivity index (χ0) is 18.7. The van der Waals surface area contributed by atoms with Gasteiger partial charge in [0.15, 0.2) is 0 Å². The fourth-order valence-corrected chi connectivity index (χ4v) is 3.42. The maximum atomic E-state index is 12.2. The molecule has 1 fully saturated rings. The van der Waals surface area contributed by atoms with E-state index in [1.807, 2.05) is 26.8 Å². The second-order valence-corrected chi connectivity index (χ2v) is 8.31. The first-order valence-corrected chi connectivity index (χ1v) is 9.05. The molecule has 0 radical (unpaired) electrons. The SMILES string of the molecule is CC(C)(C)OC(=O)N1CCC(C#N)(Cc2ccc(C#N)cc2Br)CC1. The number of halogens is 1. The summed E-state index contributed by atoms with van der Waals surface area (Å²) in [6, 6.07) is 10.0. The number of hydrogen-bond donors (Lipinski definition) is 0. The third-order valence-electron chi connectivity index (χ3n) is 4.32. The number of likely N-dealkylation sites (tertiary alicyclic amines) is 1. The number of carbonyl (C=O) groups excluding carboxylic acids is 1. The highest BCUT2D eigenvalue weighted by Crippen LogP contribution is 2.37. The van der Waals surface area contributed by atoms with E-state index in [0.29, 0.717) is 37.9 Å². The van der Waals surface area contributed by atoms with Crippen LogP contribution in [-0.2, 0) is 11.2 Å². The molecule has 0 N–H and O–H groups in total. The van der Waals surface area contributed by atoms with Gasteiger partial charge in [0.1, 0.15) is 5.60 Å². The Bertz CT molecular complexity index is 733. The van der Waals surface area contributed by atoms with Crippen molar-refractivity contribution in [2.24, 2.45) is 5.41 Å². The van der Waals surface area contributed by atoms with Gasteiger partial charge >= 0.3 is 6.09 Å². The Kier molecular flexibility index (Phi) is 5.75. The standard InChI is InChI=1S/C19H22BrN3O2/c1-18(2,3)25-17(24)23-8-6-19(13-22,7-9-23)11-15-5-4-14(12-21)10-16(15)20/h4-5,10H,6-9,11H2,1-3H3. The Hall–Kier alpha value is -2.05. The van der Waals surface area contributed by atoms with Gasteiger partial charge in [0.05, 0.1) is 23.1 Å². The summed E-state index contributed by atoms with van der Waals surface area (Å²) in [5.74, 6) is 0. The largest absolute Gasteiger partial charge is 0.444 e. The van der Waals surface area contributed by atoms with Crippen LogP contribution in [0.15, 0.2) is 22.7 Å². The zero-order valence-corrected chi connectivity index (χ0v) is 16.4. The van der Waals surface area contributed by atoms with Crippen LogP contribution in [0.3, 0.4) is 0 Å². The number of benzene rings is 1. The average Bonchev–Trinajstić information content (AvgIpc) is 2.55. The summed E-state index contributed by atoms with van der Waals surface area (Å²) < 4.78 is 6.25. The van der Waals surface area contributed by atoms with Crippen LogP contribution >= 0.6 is 15.9 Å². The van der Waals surface area contributed by atoms with Gasteiger partial charge in [-0.05, 0) is 57.7 Å². The van der Waals surface area contributed by atoms with Crippen molar-refractivity contribution in [2.75, 3.05) is 13.1 Å². The topological polar surface area (TPSA) is 77.1 Å². The summed E-state index contributed by atoms with van der Waals surface area (Å²) in [6.45, 7) is 6.55. The van der Waals surface area contributed by atoms with Crippen LogP contribution in [0.4, 0.5) is 4.79 Å². The molecule has 1 aromatic rings. The molecule has 0 aromatic heterocycles. The number of amides is 1. The molecular formula is C19H22BrN3O2. The van der Waals surface area contributed by atoms with E-state index in [2.05, 4.69) is 28.1 Å². The second kappa shape index (κ2) is 7.45. The molecule has 1 saturated heterocycles. The molecule has 0 atom stereocenters. The quantitative estimate of drug-likeness (QED) is 0.732. The number of ether oxygens (including phenoxy) is 1. The third kappa shape index (κ3) is 4.96. The first-order valence-electron chi connectivity index (χ1n) is 8.26. The second-order valence-electron chi connectivity index (χ2n) is 7.45. The van der Waals surface area contributed by atoms with E-state index < -0.39 is 11.0 Å². The summed E-state index contributed by atoms with van der Waals surface area (Å²) >= 11 is 3.49. The molecule has 0 bridgehead atoms. The molecule has 5 nitrogen and oxygen atoms in total. The Balaban J connectivity index is 2.06. The lowest BCUT2D eigenvalue weighted by atomic mass is 9.75. The lowest BCUT2D eigenvalue weighted by Gasteiger charge is -2.38. The van der Waals surface area contributed by atoms with Crippen molar-refractivity contribution in [3.8, 4) is 12.1 Å². The van der Waals surface area contributed by atoms with Gasteiger partial charge in [-0.2, -0.15) is 10.5 Å². The first-order chi connectivity index (χ1) is 11.7. The number of nitrogens with zero attached hydrogens (tertiary/aromatic N) is 3. The van der Waals surface area contributed by atoms with E-state index in [4.69, 9.17) is 10.00 Å². The molecule has 0 aliphatic carbocycles. The van der Waals surface area contributed by atoms with Crippen molar-refractivity contribution in [1.29, 1.82) is 10.5 Å². The highest BCUT2D eigenvalue weighted by atomic mass is 79.9. The minimum atomic E-state index is -0.520. The molecule has 2 rings (SSSR count). The van der Waals surface area contributed by atoms with Crippen molar-refractivity contribution in [3.63, 3.8) is 0 Å². The molecule has 132 valence electrons. The van der Waals surface area contributed by atoms with Crippen LogP contribution in [0, 0.1) is 28.1 Å². The van der Waals surface area contributed by atoms with Gasteiger partial charge < -0.3 is 9.64 Å². The van der Waals surface area contributed by atoms with Gasteiger partial charge in [-0.3, -0.25) is 0 Å². The minimum Gasteiger partial charge on any atom is -0.444 e. The predicted octanol–water partition coefficient (Wildman–Crippen LogP) is 4.40. The highest BCUT2D eigenvalue weighted by molar-refractivity contribution is 9.10. The maximum absolute atomic E-state index is 12.2. The van der Waals surface area contributed by atoms with Crippen LogP contribution in [0.1, 0.15) is 44.7 Å². The molecule has 0 spiro atoms. The molecule has 0 unspecified atom stereocenters. The van der Waals surface area contributed by atoms with Crippen molar-refractivity contribution in [2.45, 2.75) is 45.6 Å². The van der Waals surface area contributed by atoms with Gasteiger partial charge in [0, 0.05) is 17.6 Å². The minimum absolute atomic E-state index is 0.321. The Morgan fingerprint density at radius 2 is 1.96 bits per heavy atom. The van der Waals surface area contributed by atoms with E-state index in [0.717, 1.165) is 10.0 Å². The summed E-state index contributed by atoms with van der Waals surface area (Å²) in [6.07, 6.45) is 1.49. The van der Waals surface area contributed by atoms with Crippen LogP contribution in [0.5, 0.6) is 0 Å². The first kappa shape index (κ1) is 19.3. The summed E-state index contributed by atoms with van der Waals surface area (Å²) in [5.41, 5.74) is 0.566. The summed E-state index contributed by atoms with van der Waals surface area (Å²) in [4.78, 5) is 13.9. The molecule has 1 aromatic carbocycles. The van der Waals surface area contributed by atoms with E-state index in [1.54, 1.807) is 17.0 Å². The van der Waals surface area contributed by atoms with Crippen LogP contribution < -0.4 is 0 Å². The van der Waals surface area contributed by atoms with Gasteiger partial charge in [0.25, 0.3) is 0 Å². The predicted molar refractivity (Wildman–Crippen MR) is 97.6 cm³/mol. The summed E-state index contributed by atoms with van der Waals surface area (Å²) in [5, 5.41) is 18.7. The molecule has 1 aliphatic heterocycles. The van der Waals surface area contributed by atoms with Crippen molar-refractivity contribution in [1.82, 2.24) is 4.90 Å². The lowest BCUT2D eigenvalue weighted by molar-refractivity contribution is 0.0148. The van der Waals surface area contributed by atoms with Crippen LogP contribution in [0.2, 0.25) is 0 Å². The van der Waals surface area contributed by atoms with Gasteiger partial charge in [-0.25, -0.2) is 4.79 Å². The normalized spacial score (nSPS) is 16.6. The average molecular weight is 404 g/mol. The number of rotatable bonds is 2. The number of nitriles is 2. The smallest absolute Gasteiger partial charge is 0.410 e. The number of carbonyl (C=O) groups is 1. The van der Waals surface area contributed by atoms with Crippen molar-refractivity contribution >= 4 is 22.0 Å². The monoisotopic (exact) mass is 403 g/mol. The molecule has 1 heterocycles. The number of piperidine rings is 1. The van der Waals surface area contributed by atoms with E-state index in [9.17, 15) is 10.1 Å². The third-order valence-corrected chi connectivity index (χ3v) is 5.06. The zero-order valence-electron chi connectivity index (χ0n) is 14.8. The molecule has 1 amide bonds. The van der Waals surface area contributed by atoms with Crippen LogP contribution in [-0.4, -0.2) is 29.7 Å². The highest BCUT2D eigenvalue weighted by Gasteiger charge is 2.37. The fourth-order valence-electron chi connectivity index (χ4n) is 2.90. The Morgan fingerprint density at radius 3 is 2.44 bits per heavy atom. The fraction of sp³-hybridized carbons (Fsp3) is 0.526. The van der Waals surface area contributed by atoms with E-state index in [1.165, 1.54) is 0 Å². The van der Waals surface area contributed by atoms with Crippen LogP contribution in [0.25, 0.3) is 0 Å². The summed E-state index contributed by atoms with van der Waals surface area (Å²) in [7, 11) is 0. The maximum Gasteiger partial charge on any atom is 0.410 e. The molecule has 0 saturated carbocycles. The van der Waals surface area contributed by atoms with E-state index in [-0.39, 0.29) is 6.09 Å². The Morgan fingerprint density at radius 1 is 1.32 bits per heavy atom. The number of hydrogen-bond acceptors (Lipinski definition) is 4. The van der Waals surface area contributed by atoms with Gasteiger partial charge in [-0.15, -0.1) is 0 Å². The van der Waals surface area contributed by atoms with Gasteiger partial charge in [0.2, 0.25) is 0 Å². The molecular weight excluding hydrogens is 382 g/mol. The van der Waals surface area contributed by atoms with Crippen molar-refractivity contribution in [3.05, 3.63) is 33.8 Å². The molecule has 1 aliphatic rings. The Labute approximate surface area is 157 Å². The molecule has 25 heavy (non-hydrogen) atoms. The lowest BCUT2D eigenvalue weighted by Crippen LogP contribution is -2.45. The van der Waals surface area contributed by atoms with Gasteiger partial charge in [-0.1, -0.05) is 22.0 Å². The van der Waals surface area contributed by atoms with Crippen molar-refractivity contribution < 1.29 is 9.53 Å². The van der Waals surface area contributed by atoms with E-state index >= 15 is 0 Å². The molecule has 6 heteroatoms.